The van der Waals surface area contributed by atoms with Crippen molar-refractivity contribution in [1.82, 2.24) is 4.98 Å². The minimum absolute atomic E-state index is 0.000808. The first kappa shape index (κ1) is 22.0. The molecule has 6 nitrogen and oxygen atoms in total. The Hall–Kier alpha value is -3.85. The van der Waals surface area contributed by atoms with Crippen LogP contribution in [0, 0.1) is 17.6 Å². The van der Waals surface area contributed by atoms with Gasteiger partial charge in [0.1, 0.15) is 11.6 Å². The molecule has 2 aromatic carbocycles. The maximum absolute atomic E-state index is 14.6. The normalized spacial score (nSPS) is 13.0. The molecule has 1 aliphatic carbocycles. The lowest BCUT2D eigenvalue weighted by Gasteiger charge is -2.11. The lowest BCUT2D eigenvalue weighted by atomic mass is 10.1. The molecule has 2 aromatic heterocycles. The molecule has 4 aromatic rings. The van der Waals surface area contributed by atoms with Crippen molar-refractivity contribution in [3.63, 3.8) is 0 Å². The summed E-state index contributed by atoms with van der Waals surface area (Å²) in [4.78, 5) is 28.4. The van der Waals surface area contributed by atoms with Crippen molar-refractivity contribution in [3.05, 3.63) is 77.3 Å². The highest BCUT2D eigenvalue weighted by atomic mass is 32.1. The zero-order valence-electron chi connectivity index (χ0n) is 17.8. The predicted molar refractivity (Wildman–Crippen MR) is 126 cm³/mol. The van der Waals surface area contributed by atoms with Crippen molar-refractivity contribution < 1.29 is 23.1 Å². The molecule has 172 valence electrons. The number of anilines is 2. The van der Waals surface area contributed by atoms with Gasteiger partial charge in [-0.05, 0) is 41.3 Å². The van der Waals surface area contributed by atoms with Crippen molar-refractivity contribution in [2.45, 2.75) is 19.3 Å². The van der Waals surface area contributed by atoms with Gasteiger partial charge in [0.25, 0.3) is 0 Å². The van der Waals surface area contributed by atoms with Crippen molar-refractivity contribution >= 4 is 44.7 Å². The van der Waals surface area contributed by atoms with Gasteiger partial charge >= 0.3 is 0 Å². The van der Waals surface area contributed by atoms with Crippen molar-refractivity contribution in [2.75, 3.05) is 10.6 Å². The predicted octanol–water partition coefficient (Wildman–Crippen LogP) is 5.90. The van der Waals surface area contributed by atoms with Crippen LogP contribution in [0.15, 0.2) is 60.1 Å². The largest absolute Gasteiger partial charge is 0.454 e. The number of ether oxygens (including phenoxy) is 1. The molecule has 9 heteroatoms. The molecule has 0 aliphatic heterocycles. The summed E-state index contributed by atoms with van der Waals surface area (Å²) in [5.74, 6) is -2.18. The molecule has 1 fully saturated rings. The smallest absolute Gasteiger partial charge is 0.228 e. The number of hydrogen-bond donors (Lipinski definition) is 2. The van der Waals surface area contributed by atoms with Gasteiger partial charge < -0.3 is 15.4 Å². The zero-order chi connectivity index (χ0) is 23.7. The third-order valence-corrected chi connectivity index (χ3v) is 6.38. The van der Waals surface area contributed by atoms with Crippen LogP contribution in [0.1, 0.15) is 18.4 Å². The van der Waals surface area contributed by atoms with E-state index < -0.39 is 17.5 Å². The highest BCUT2D eigenvalue weighted by Crippen LogP contribution is 2.32. The number of nitrogens with zero attached hydrogens (tertiary/aromatic N) is 1. The van der Waals surface area contributed by atoms with E-state index in [0.717, 1.165) is 40.6 Å². The van der Waals surface area contributed by atoms with Crippen LogP contribution in [0.2, 0.25) is 0 Å². The fraction of sp³-hybridized carbons (Fsp3) is 0.160. The number of rotatable bonds is 7. The number of aromatic nitrogens is 1. The highest BCUT2D eigenvalue weighted by Gasteiger charge is 2.29. The molecule has 0 radical (unpaired) electrons. The first-order chi connectivity index (χ1) is 16.5. The van der Waals surface area contributed by atoms with E-state index in [1.807, 2.05) is 29.6 Å². The molecular weight excluding hydrogens is 460 g/mol. The van der Waals surface area contributed by atoms with E-state index in [2.05, 4.69) is 15.6 Å². The minimum Gasteiger partial charge on any atom is -0.454 e. The van der Waals surface area contributed by atoms with Crippen molar-refractivity contribution in [1.29, 1.82) is 0 Å². The Kier molecular flexibility index (Phi) is 5.93. The van der Waals surface area contributed by atoms with E-state index in [1.54, 1.807) is 0 Å². The Labute approximate surface area is 197 Å². The number of carbonyl (C=O) groups excluding carboxylic acids is 2. The molecular formula is C25H19F2N3O3S. The average Bonchev–Trinajstić information content (AvgIpc) is 3.60. The summed E-state index contributed by atoms with van der Waals surface area (Å²) in [5.41, 5.74) is 0.544. The van der Waals surface area contributed by atoms with Crippen LogP contribution in [0.5, 0.6) is 11.5 Å². The Bertz CT molecular complexity index is 1400. The van der Waals surface area contributed by atoms with Gasteiger partial charge in [0.2, 0.25) is 11.8 Å². The molecule has 2 heterocycles. The van der Waals surface area contributed by atoms with Gasteiger partial charge in [-0.1, -0.05) is 18.2 Å². The lowest BCUT2D eigenvalue weighted by molar-refractivity contribution is -0.117. The second-order valence-electron chi connectivity index (χ2n) is 7.99. The second-order valence-corrected chi connectivity index (χ2v) is 8.90. The fourth-order valence-electron chi connectivity index (χ4n) is 3.48. The average molecular weight is 480 g/mol. The Morgan fingerprint density at radius 1 is 1.06 bits per heavy atom. The van der Waals surface area contributed by atoms with Gasteiger partial charge in [0.05, 0.1) is 12.1 Å². The van der Waals surface area contributed by atoms with E-state index in [-0.39, 0.29) is 41.3 Å². The van der Waals surface area contributed by atoms with Crippen LogP contribution in [0.4, 0.5) is 20.3 Å². The number of amides is 2. The summed E-state index contributed by atoms with van der Waals surface area (Å²) >= 11 is 1.52. The molecule has 0 saturated heterocycles. The quantitative estimate of drug-likeness (QED) is 0.346. The van der Waals surface area contributed by atoms with Gasteiger partial charge in [-0.2, -0.15) is 0 Å². The maximum Gasteiger partial charge on any atom is 0.228 e. The number of hydrogen-bond acceptors (Lipinski definition) is 5. The Morgan fingerprint density at radius 3 is 2.71 bits per heavy atom. The summed E-state index contributed by atoms with van der Waals surface area (Å²) in [6, 6.07) is 12.3. The van der Waals surface area contributed by atoms with Gasteiger partial charge in [0, 0.05) is 35.0 Å². The first-order valence-electron chi connectivity index (χ1n) is 10.6. The van der Waals surface area contributed by atoms with Gasteiger partial charge in [0.15, 0.2) is 17.4 Å². The van der Waals surface area contributed by atoms with E-state index >= 15 is 0 Å². The number of fused-ring (bicyclic) bond motifs is 1. The van der Waals surface area contributed by atoms with E-state index in [4.69, 9.17) is 4.74 Å². The van der Waals surface area contributed by atoms with Crippen LogP contribution in [-0.4, -0.2) is 16.8 Å². The van der Waals surface area contributed by atoms with Crippen LogP contribution in [0.3, 0.4) is 0 Å². The zero-order valence-corrected chi connectivity index (χ0v) is 18.6. The standard InChI is InChI=1S/C25H19F2N3O3S/c26-18-12-21(33-16-7-8-28-23(10-16)30-25(32)14-5-6-14)19(27)11-20(18)29-24(31)9-15-13-34-22-4-2-1-3-17(15)22/h1-4,7-8,10-14H,5-6,9H2,(H,29,31)(H,28,30,32). The number of benzene rings is 2. The van der Waals surface area contributed by atoms with Crippen LogP contribution >= 0.6 is 11.3 Å². The molecule has 0 bridgehead atoms. The SMILES string of the molecule is O=C(Cc1csc2ccccc12)Nc1cc(F)c(Oc2ccnc(NC(=O)C3CC3)c2)cc1F. The molecule has 0 atom stereocenters. The topological polar surface area (TPSA) is 80.3 Å². The summed E-state index contributed by atoms with van der Waals surface area (Å²) in [7, 11) is 0. The monoisotopic (exact) mass is 479 g/mol. The maximum atomic E-state index is 14.6. The summed E-state index contributed by atoms with van der Waals surface area (Å²) in [6.07, 6.45) is 3.13. The minimum atomic E-state index is -0.849. The van der Waals surface area contributed by atoms with Crippen LogP contribution in [-0.2, 0) is 16.0 Å². The third kappa shape index (κ3) is 4.89. The number of nitrogens with one attached hydrogen (secondary N) is 2. The Morgan fingerprint density at radius 2 is 1.88 bits per heavy atom. The molecule has 0 spiro atoms. The molecule has 0 unspecified atom stereocenters. The van der Waals surface area contributed by atoms with Gasteiger partial charge in [-0.25, -0.2) is 13.8 Å². The summed E-state index contributed by atoms with van der Waals surface area (Å²) in [5, 5.41) is 7.95. The third-order valence-electron chi connectivity index (χ3n) is 5.37. The van der Waals surface area contributed by atoms with Crippen molar-refractivity contribution in [3.8, 4) is 11.5 Å². The summed E-state index contributed by atoms with van der Waals surface area (Å²) < 4.78 is 35.8. The first-order valence-corrected chi connectivity index (χ1v) is 11.5. The second kappa shape index (κ2) is 9.18. The van der Waals surface area contributed by atoms with Gasteiger partial charge in [-0.15, -0.1) is 11.3 Å². The molecule has 1 aliphatic rings. The molecule has 34 heavy (non-hydrogen) atoms. The molecule has 2 amide bonds. The molecule has 5 rings (SSSR count). The molecule has 1 saturated carbocycles. The Balaban J connectivity index is 1.27. The van der Waals surface area contributed by atoms with Crippen LogP contribution < -0.4 is 15.4 Å². The number of pyridine rings is 1. The number of thiophene rings is 1. The number of halogens is 2. The van der Waals surface area contributed by atoms with Crippen LogP contribution in [0.25, 0.3) is 10.1 Å². The fourth-order valence-corrected chi connectivity index (χ4v) is 4.45. The van der Waals surface area contributed by atoms with E-state index in [1.165, 1.54) is 29.7 Å². The summed E-state index contributed by atoms with van der Waals surface area (Å²) in [6.45, 7) is 0. The van der Waals surface area contributed by atoms with E-state index in [9.17, 15) is 18.4 Å². The highest BCUT2D eigenvalue weighted by molar-refractivity contribution is 7.17. The van der Waals surface area contributed by atoms with Gasteiger partial charge in [-0.3, -0.25) is 9.59 Å². The lowest BCUT2D eigenvalue weighted by Crippen LogP contribution is -2.15. The number of carbonyl (C=O) groups is 2. The van der Waals surface area contributed by atoms with Crippen molar-refractivity contribution in [2.24, 2.45) is 5.92 Å². The molecule has 2 N–H and O–H groups in total. The van der Waals surface area contributed by atoms with E-state index in [0.29, 0.717) is 0 Å².